The summed E-state index contributed by atoms with van der Waals surface area (Å²) in [5.74, 6) is -1.62. The van der Waals surface area contributed by atoms with Crippen molar-refractivity contribution in [1.29, 1.82) is 0 Å². The van der Waals surface area contributed by atoms with Crippen molar-refractivity contribution in [3.05, 3.63) is 57.9 Å². The number of nitro benzene ring substituents is 1. The first kappa shape index (κ1) is 19.8. The molecule has 0 fully saturated rings. The predicted octanol–water partition coefficient (Wildman–Crippen LogP) is 3.55. The number of nitrogen functional groups attached to an aromatic ring is 1. The fourth-order valence-corrected chi connectivity index (χ4v) is 2.36. The molecule has 0 saturated heterocycles. The Morgan fingerprint density at radius 2 is 1.70 bits per heavy atom. The van der Waals surface area contributed by atoms with Crippen LogP contribution in [-0.2, 0) is 4.79 Å². The summed E-state index contributed by atoms with van der Waals surface area (Å²) < 4.78 is 13.6. The molecule has 8 nitrogen and oxygen atoms in total. The van der Waals surface area contributed by atoms with Gasteiger partial charge in [-0.05, 0) is 36.2 Å². The SMILES string of the molecule is CC(C)CC(=O)Nc1ccc(NC(=O)c2cc(F)cc([N+](=O)[O-])c2N)cc1. The van der Waals surface area contributed by atoms with Crippen LogP contribution >= 0.6 is 0 Å². The van der Waals surface area contributed by atoms with Crippen molar-refractivity contribution in [1.82, 2.24) is 0 Å². The molecule has 0 aliphatic carbocycles. The van der Waals surface area contributed by atoms with Gasteiger partial charge >= 0.3 is 0 Å². The first-order chi connectivity index (χ1) is 12.7. The maximum atomic E-state index is 13.6. The van der Waals surface area contributed by atoms with Crippen LogP contribution in [0.15, 0.2) is 36.4 Å². The van der Waals surface area contributed by atoms with Gasteiger partial charge in [-0.25, -0.2) is 4.39 Å². The third kappa shape index (κ3) is 5.24. The predicted molar refractivity (Wildman–Crippen MR) is 99.9 cm³/mol. The number of carbonyl (C=O) groups is 2. The van der Waals surface area contributed by atoms with Gasteiger partial charge in [-0.15, -0.1) is 0 Å². The molecule has 0 heterocycles. The van der Waals surface area contributed by atoms with Crippen molar-refractivity contribution >= 4 is 34.6 Å². The molecule has 2 amide bonds. The van der Waals surface area contributed by atoms with Crippen LogP contribution in [0.5, 0.6) is 0 Å². The average Bonchev–Trinajstić information content (AvgIpc) is 2.57. The third-order valence-electron chi connectivity index (χ3n) is 3.58. The van der Waals surface area contributed by atoms with Gasteiger partial charge in [0.2, 0.25) is 5.91 Å². The quantitative estimate of drug-likeness (QED) is 0.405. The zero-order valence-corrected chi connectivity index (χ0v) is 14.8. The summed E-state index contributed by atoms with van der Waals surface area (Å²) in [6.45, 7) is 3.86. The molecule has 9 heteroatoms. The number of benzene rings is 2. The van der Waals surface area contributed by atoms with Crippen LogP contribution in [-0.4, -0.2) is 16.7 Å². The summed E-state index contributed by atoms with van der Waals surface area (Å²) in [6, 6.07) is 7.73. The molecule has 4 N–H and O–H groups in total. The van der Waals surface area contributed by atoms with Crippen molar-refractivity contribution in [3.8, 4) is 0 Å². The summed E-state index contributed by atoms with van der Waals surface area (Å²) in [7, 11) is 0. The Labute approximate surface area is 154 Å². The molecular formula is C18H19FN4O4. The van der Waals surface area contributed by atoms with Crippen LogP contribution in [0.3, 0.4) is 0 Å². The fourth-order valence-electron chi connectivity index (χ4n) is 2.36. The van der Waals surface area contributed by atoms with Crippen molar-refractivity contribution < 1.29 is 18.9 Å². The molecular weight excluding hydrogens is 355 g/mol. The van der Waals surface area contributed by atoms with E-state index >= 15 is 0 Å². The average molecular weight is 374 g/mol. The number of hydrogen-bond acceptors (Lipinski definition) is 5. The van der Waals surface area contributed by atoms with E-state index in [0.717, 1.165) is 6.07 Å². The van der Waals surface area contributed by atoms with Crippen molar-refractivity contribution in [2.75, 3.05) is 16.4 Å². The van der Waals surface area contributed by atoms with Crippen LogP contribution < -0.4 is 16.4 Å². The maximum absolute atomic E-state index is 13.6. The zero-order chi connectivity index (χ0) is 20.1. The summed E-state index contributed by atoms with van der Waals surface area (Å²) in [6.07, 6.45) is 0.385. The van der Waals surface area contributed by atoms with Crippen LogP contribution in [0.2, 0.25) is 0 Å². The number of halogens is 1. The van der Waals surface area contributed by atoms with Gasteiger partial charge in [0.25, 0.3) is 11.6 Å². The van der Waals surface area contributed by atoms with Crippen molar-refractivity contribution in [2.24, 2.45) is 5.92 Å². The van der Waals surface area contributed by atoms with Crippen LogP contribution in [0, 0.1) is 21.8 Å². The molecule has 0 aromatic heterocycles. The zero-order valence-electron chi connectivity index (χ0n) is 14.8. The number of nitro groups is 1. The molecule has 27 heavy (non-hydrogen) atoms. The number of nitrogens with two attached hydrogens (primary N) is 1. The van der Waals surface area contributed by atoms with Crippen LogP contribution in [0.1, 0.15) is 30.6 Å². The van der Waals surface area contributed by atoms with Gasteiger partial charge in [0.1, 0.15) is 11.5 Å². The van der Waals surface area contributed by atoms with E-state index in [1.165, 1.54) is 12.1 Å². The molecule has 0 bridgehead atoms. The van der Waals surface area contributed by atoms with Gasteiger partial charge in [-0.1, -0.05) is 13.8 Å². The number of anilines is 3. The highest BCUT2D eigenvalue weighted by Crippen LogP contribution is 2.27. The second-order valence-electron chi connectivity index (χ2n) is 6.32. The van der Waals surface area contributed by atoms with Gasteiger partial charge in [-0.2, -0.15) is 0 Å². The minimum Gasteiger partial charge on any atom is -0.393 e. The first-order valence-electron chi connectivity index (χ1n) is 8.12. The largest absolute Gasteiger partial charge is 0.393 e. The summed E-state index contributed by atoms with van der Waals surface area (Å²) in [5.41, 5.74) is 5.09. The van der Waals surface area contributed by atoms with Gasteiger partial charge in [0.15, 0.2) is 0 Å². The van der Waals surface area contributed by atoms with Crippen LogP contribution in [0.4, 0.5) is 27.1 Å². The monoisotopic (exact) mass is 374 g/mol. The highest BCUT2D eigenvalue weighted by molar-refractivity contribution is 6.09. The molecule has 0 aliphatic heterocycles. The Morgan fingerprint density at radius 3 is 2.22 bits per heavy atom. The van der Waals surface area contributed by atoms with E-state index in [1.807, 2.05) is 13.8 Å². The molecule has 0 unspecified atom stereocenters. The number of rotatable bonds is 6. The molecule has 0 atom stereocenters. The van der Waals surface area contributed by atoms with E-state index in [2.05, 4.69) is 10.6 Å². The lowest BCUT2D eigenvalue weighted by atomic mass is 10.1. The highest BCUT2D eigenvalue weighted by atomic mass is 19.1. The van der Waals surface area contributed by atoms with E-state index in [4.69, 9.17) is 5.73 Å². The summed E-state index contributed by atoms with van der Waals surface area (Å²) >= 11 is 0. The molecule has 0 aliphatic rings. The van der Waals surface area contributed by atoms with E-state index in [1.54, 1.807) is 12.1 Å². The summed E-state index contributed by atoms with van der Waals surface area (Å²) in [5, 5.41) is 16.1. The van der Waals surface area contributed by atoms with Crippen molar-refractivity contribution in [2.45, 2.75) is 20.3 Å². The van der Waals surface area contributed by atoms with Gasteiger partial charge in [0.05, 0.1) is 16.6 Å². The fraction of sp³-hybridized carbons (Fsp3) is 0.222. The minimum absolute atomic E-state index is 0.123. The molecule has 2 rings (SSSR count). The number of nitrogens with zero attached hydrogens (tertiary/aromatic N) is 1. The minimum atomic E-state index is -0.940. The Morgan fingerprint density at radius 1 is 1.15 bits per heavy atom. The van der Waals surface area contributed by atoms with Crippen LogP contribution in [0.25, 0.3) is 0 Å². The molecule has 0 saturated carbocycles. The number of hydrogen-bond donors (Lipinski definition) is 3. The lowest BCUT2D eigenvalue weighted by Gasteiger charge is -2.10. The Bertz CT molecular complexity index is 882. The lowest BCUT2D eigenvalue weighted by molar-refractivity contribution is -0.384. The topological polar surface area (TPSA) is 127 Å². The normalized spacial score (nSPS) is 10.5. The van der Waals surface area contributed by atoms with Gasteiger partial charge < -0.3 is 16.4 Å². The van der Waals surface area contributed by atoms with E-state index < -0.39 is 28.0 Å². The van der Waals surface area contributed by atoms with Gasteiger partial charge in [-0.3, -0.25) is 19.7 Å². The van der Waals surface area contributed by atoms with E-state index in [9.17, 15) is 24.1 Å². The van der Waals surface area contributed by atoms with E-state index in [-0.39, 0.29) is 17.4 Å². The van der Waals surface area contributed by atoms with Crippen molar-refractivity contribution in [3.63, 3.8) is 0 Å². The second kappa shape index (κ2) is 8.26. The Hall–Kier alpha value is -3.49. The molecule has 2 aromatic rings. The molecule has 0 spiro atoms. The second-order valence-corrected chi connectivity index (χ2v) is 6.32. The molecule has 142 valence electrons. The Balaban J connectivity index is 2.13. The van der Waals surface area contributed by atoms with E-state index in [0.29, 0.717) is 23.9 Å². The lowest BCUT2D eigenvalue weighted by Crippen LogP contribution is -2.16. The number of amides is 2. The Kier molecular flexibility index (Phi) is 6.07. The smallest absolute Gasteiger partial charge is 0.295 e. The first-order valence-corrected chi connectivity index (χ1v) is 8.12. The number of carbonyl (C=O) groups excluding carboxylic acids is 2. The maximum Gasteiger partial charge on any atom is 0.295 e. The number of nitrogens with one attached hydrogen (secondary N) is 2. The standard InChI is InChI=1S/C18H19FN4O4/c1-10(2)7-16(24)21-12-3-5-13(6-4-12)22-18(25)14-8-11(19)9-15(17(14)20)23(26)27/h3-6,8-10H,7,20H2,1-2H3,(H,21,24)(H,22,25). The molecule has 0 radical (unpaired) electrons. The third-order valence-corrected chi connectivity index (χ3v) is 3.58. The molecule has 2 aromatic carbocycles. The van der Waals surface area contributed by atoms with Gasteiger partial charge in [0, 0.05) is 17.8 Å². The highest BCUT2D eigenvalue weighted by Gasteiger charge is 2.21. The summed E-state index contributed by atoms with van der Waals surface area (Å²) in [4.78, 5) is 34.1.